The largest absolute Gasteiger partial charge is 0.497 e. The Balaban J connectivity index is 2.32. The molecule has 0 aliphatic heterocycles. The molecule has 0 fully saturated rings. The maximum absolute atomic E-state index is 13.2. The standard InChI is InChI=1S/C17H18ClFN2O4S/c1-11(17(22)20-12-7-8-16(19)15(18)9-12)21(26(3,23)24)13-5-4-6-14(10-13)25-2/h4-11H,1-3H3,(H,20,22). The van der Waals surface area contributed by atoms with Gasteiger partial charge < -0.3 is 10.1 Å². The number of ether oxygens (including phenoxy) is 1. The van der Waals surface area contributed by atoms with Crippen LogP contribution in [0, 0.1) is 5.82 Å². The molecule has 0 heterocycles. The molecule has 0 aliphatic rings. The number of nitrogens with one attached hydrogen (secondary N) is 1. The molecule has 0 saturated carbocycles. The Morgan fingerprint density at radius 1 is 1.27 bits per heavy atom. The van der Waals surface area contributed by atoms with Crippen LogP contribution in [0.5, 0.6) is 5.75 Å². The van der Waals surface area contributed by atoms with Crippen LogP contribution in [0.25, 0.3) is 0 Å². The lowest BCUT2D eigenvalue weighted by Gasteiger charge is -2.28. The fourth-order valence-corrected chi connectivity index (χ4v) is 3.72. The van der Waals surface area contributed by atoms with E-state index in [1.165, 1.54) is 32.2 Å². The number of benzene rings is 2. The summed E-state index contributed by atoms with van der Waals surface area (Å²) in [6.45, 7) is 1.45. The summed E-state index contributed by atoms with van der Waals surface area (Å²) in [6.07, 6.45) is 1.00. The molecule has 140 valence electrons. The van der Waals surface area contributed by atoms with Gasteiger partial charge >= 0.3 is 0 Å². The molecule has 9 heteroatoms. The monoisotopic (exact) mass is 400 g/mol. The van der Waals surface area contributed by atoms with Crippen LogP contribution in [-0.2, 0) is 14.8 Å². The summed E-state index contributed by atoms with van der Waals surface area (Å²) in [7, 11) is -2.31. The summed E-state index contributed by atoms with van der Waals surface area (Å²) in [6, 6.07) is 8.98. The van der Waals surface area contributed by atoms with Crippen LogP contribution in [0.1, 0.15) is 6.92 Å². The number of hydrogen-bond acceptors (Lipinski definition) is 4. The second-order valence-corrected chi connectivity index (χ2v) is 7.82. The lowest BCUT2D eigenvalue weighted by Crippen LogP contribution is -2.45. The van der Waals surface area contributed by atoms with Crippen LogP contribution >= 0.6 is 11.6 Å². The molecule has 0 aromatic heterocycles. The molecular weight excluding hydrogens is 383 g/mol. The molecule has 26 heavy (non-hydrogen) atoms. The van der Waals surface area contributed by atoms with Crippen molar-refractivity contribution in [3.05, 3.63) is 53.3 Å². The Morgan fingerprint density at radius 3 is 2.54 bits per heavy atom. The molecule has 0 radical (unpaired) electrons. The van der Waals surface area contributed by atoms with Gasteiger partial charge in [0.15, 0.2) is 0 Å². The summed E-state index contributed by atoms with van der Waals surface area (Å²) < 4.78 is 43.8. The number of rotatable bonds is 6. The quantitative estimate of drug-likeness (QED) is 0.807. The van der Waals surface area contributed by atoms with Gasteiger partial charge in [0.05, 0.1) is 24.1 Å². The van der Waals surface area contributed by atoms with Crippen LogP contribution in [0.15, 0.2) is 42.5 Å². The van der Waals surface area contributed by atoms with Crippen molar-refractivity contribution < 1.29 is 22.3 Å². The zero-order valence-corrected chi connectivity index (χ0v) is 15.9. The average molecular weight is 401 g/mol. The number of nitrogens with zero attached hydrogens (tertiary/aromatic N) is 1. The predicted molar refractivity (Wildman–Crippen MR) is 99.8 cm³/mol. The zero-order valence-electron chi connectivity index (χ0n) is 14.4. The van der Waals surface area contributed by atoms with Gasteiger partial charge in [0.1, 0.15) is 17.6 Å². The molecule has 1 N–H and O–H groups in total. The van der Waals surface area contributed by atoms with Crippen LogP contribution in [0.2, 0.25) is 5.02 Å². The SMILES string of the molecule is COc1cccc(N(C(C)C(=O)Nc2ccc(F)c(Cl)c2)S(C)(=O)=O)c1. The Bertz CT molecular complexity index is 921. The van der Waals surface area contributed by atoms with E-state index in [9.17, 15) is 17.6 Å². The second-order valence-electron chi connectivity index (χ2n) is 5.55. The van der Waals surface area contributed by atoms with Gasteiger partial charge in [-0.1, -0.05) is 17.7 Å². The van der Waals surface area contributed by atoms with E-state index in [4.69, 9.17) is 16.3 Å². The maximum Gasteiger partial charge on any atom is 0.247 e. The lowest BCUT2D eigenvalue weighted by molar-refractivity contribution is -0.116. The van der Waals surface area contributed by atoms with E-state index < -0.39 is 27.8 Å². The molecule has 0 spiro atoms. The Kier molecular flexibility index (Phi) is 6.09. The smallest absolute Gasteiger partial charge is 0.247 e. The fraction of sp³-hybridized carbons (Fsp3) is 0.235. The van der Waals surface area contributed by atoms with E-state index in [0.29, 0.717) is 5.75 Å². The fourth-order valence-electron chi connectivity index (χ4n) is 2.38. The summed E-state index contributed by atoms with van der Waals surface area (Å²) in [4.78, 5) is 12.5. The van der Waals surface area contributed by atoms with E-state index in [1.54, 1.807) is 18.2 Å². The van der Waals surface area contributed by atoms with Gasteiger partial charge in [-0.05, 0) is 37.3 Å². The van der Waals surface area contributed by atoms with E-state index in [-0.39, 0.29) is 16.4 Å². The van der Waals surface area contributed by atoms with Gasteiger partial charge in [-0.2, -0.15) is 0 Å². The number of anilines is 2. The number of carbonyl (C=O) groups excluding carboxylic acids is 1. The van der Waals surface area contributed by atoms with Crippen molar-refractivity contribution in [2.45, 2.75) is 13.0 Å². The molecule has 6 nitrogen and oxygen atoms in total. The van der Waals surface area contributed by atoms with Gasteiger partial charge in [-0.3, -0.25) is 9.10 Å². The first kappa shape index (κ1) is 20.0. The van der Waals surface area contributed by atoms with Crippen LogP contribution in [0.4, 0.5) is 15.8 Å². The maximum atomic E-state index is 13.2. The predicted octanol–water partition coefficient (Wildman–Crippen LogP) is 3.28. The Labute approximate surface area is 156 Å². The first-order chi connectivity index (χ1) is 12.1. The van der Waals surface area contributed by atoms with Crippen molar-refractivity contribution in [1.29, 1.82) is 0 Å². The molecule has 0 aliphatic carbocycles. The highest BCUT2D eigenvalue weighted by molar-refractivity contribution is 7.92. The van der Waals surface area contributed by atoms with Crippen molar-refractivity contribution >= 4 is 38.9 Å². The highest BCUT2D eigenvalue weighted by atomic mass is 35.5. The zero-order chi connectivity index (χ0) is 19.5. The van der Waals surface area contributed by atoms with E-state index in [2.05, 4.69) is 5.32 Å². The van der Waals surface area contributed by atoms with Crippen molar-refractivity contribution in [2.75, 3.05) is 23.0 Å². The van der Waals surface area contributed by atoms with Crippen LogP contribution in [0.3, 0.4) is 0 Å². The average Bonchev–Trinajstić information content (AvgIpc) is 2.57. The van der Waals surface area contributed by atoms with Gasteiger partial charge in [0.2, 0.25) is 15.9 Å². The van der Waals surface area contributed by atoms with Crippen molar-refractivity contribution in [2.24, 2.45) is 0 Å². The third-order valence-electron chi connectivity index (χ3n) is 3.58. The minimum atomic E-state index is -3.76. The van der Waals surface area contributed by atoms with E-state index in [1.807, 2.05) is 0 Å². The van der Waals surface area contributed by atoms with Crippen LogP contribution in [-0.4, -0.2) is 33.7 Å². The highest BCUT2D eigenvalue weighted by Gasteiger charge is 2.29. The minimum Gasteiger partial charge on any atom is -0.497 e. The lowest BCUT2D eigenvalue weighted by atomic mass is 10.2. The second kappa shape index (κ2) is 7.92. The van der Waals surface area contributed by atoms with Gasteiger partial charge in [0.25, 0.3) is 0 Å². The summed E-state index contributed by atoms with van der Waals surface area (Å²) >= 11 is 5.69. The third-order valence-corrected chi connectivity index (χ3v) is 5.11. The number of amides is 1. The Morgan fingerprint density at radius 2 is 1.96 bits per heavy atom. The third kappa shape index (κ3) is 4.64. The van der Waals surface area contributed by atoms with Crippen molar-refractivity contribution in [3.8, 4) is 5.75 Å². The summed E-state index contributed by atoms with van der Waals surface area (Å²) in [5, 5.41) is 2.38. The molecule has 1 unspecified atom stereocenters. The number of methoxy groups -OCH3 is 1. The minimum absolute atomic E-state index is 0.150. The molecular formula is C17H18ClFN2O4S. The number of hydrogen-bond donors (Lipinski definition) is 1. The molecule has 0 bridgehead atoms. The molecule has 2 aromatic carbocycles. The number of sulfonamides is 1. The molecule has 2 rings (SSSR count). The van der Waals surface area contributed by atoms with Crippen molar-refractivity contribution in [3.63, 3.8) is 0 Å². The number of carbonyl (C=O) groups is 1. The van der Waals surface area contributed by atoms with Gasteiger partial charge in [-0.15, -0.1) is 0 Å². The molecule has 0 saturated heterocycles. The molecule has 1 atom stereocenters. The van der Waals surface area contributed by atoms with E-state index >= 15 is 0 Å². The number of halogens is 2. The topological polar surface area (TPSA) is 75.7 Å². The summed E-state index contributed by atoms with van der Waals surface area (Å²) in [5.74, 6) is -0.762. The Hall–Kier alpha value is -2.32. The normalized spacial score (nSPS) is 12.3. The molecule has 2 aromatic rings. The first-order valence-corrected chi connectivity index (χ1v) is 9.75. The highest BCUT2D eigenvalue weighted by Crippen LogP contribution is 2.26. The van der Waals surface area contributed by atoms with Gasteiger partial charge in [0, 0.05) is 11.8 Å². The van der Waals surface area contributed by atoms with E-state index in [0.717, 1.165) is 16.6 Å². The van der Waals surface area contributed by atoms with Gasteiger partial charge in [-0.25, -0.2) is 12.8 Å². The molecule has 1 amide bonds. The summed E-state index contributed by atoms with van der Waals surface area (Å²) in [5.41, 5.74) is 0.541. The van der Waals surface area contributed by atoms with Crippen molar-refractivity contribution in [1.82, 2.24) is 0 Å². The first-order valence-electron chi connectivity index (χ1n) is 7.53. The van der Waals surface area contributed by atoms with Crippen LogP contribution < -0.4 is 14.4 Å².